The Balaban J connectivity index is 1.90. The smallest absolute Gasteiger partial charge is 0.335 e. The zero-order valence-corrected chi connectivity index (χ0v) is 20.4. The van der Waals surface area contributed by atoms with Gasteiger partial charge in [0.25, 0.3) is 0 Å². The minimum absolute atomic E-state index is 0.00773. The highest BCUT2D eigenvalue weighted by Crippen LogP contribution is 2.39. The third-order valence-electron chi connectivity index (χ3n) is 6.36. The molecule has 0 saturated heterocycles. The Hall–Kier alpha value is -2.87. The number of urea groups is 1. The normalized spacial score (nSPS) is 16.0. The molecule has 0 aromatic heterocycles. The number of benzene rings is 3. The SMILES string of the molecule is O=C(NC1CCCC1)NC(Cc1ccccc1)(c1cccc(Br)c1)c1cc(F)cc(C(F)(F)F)c1. The number of alkyl halides is 3. The zero-order valence-electron chi connectivity index (χ0n) is 18.8. The number of nitrogens with one attached hydrogen (secondary N) is 2. The third kappa shape index (κ3) is 6.04. The van der Waals surface area contributed by atoms with Gasteiger partial charge in [0.1, 0.15) is 5.82 Å². The number of hydrogen-bond acceptors (Lipinski definition) is 1. The average molecular weight is 549 g/mol. The lowest BCUT2D eigenvalue weighted by atomic mass is 9.77. The molecule has 0 aliphatic heterocycles. The van der Waals surface area contributed by atoms with Gasteiger partial charge < -0.3 is 10.6 Å². The monoisotopic (exact) mass is 548 g/mol. The number of carbonyl (C=O) groups excluding carboxylic acids is 1. The van der Waals surface area contributed by atoms with Crippen LogP contribution in [0.1, 0.15) is 47.9 Å². The van der Waals surface area contributed by atoms with E-state index in [0.29, 0.717) is 16.1 Å². The van der Waals surface area contributed by atoms with Gasteiger partial charge in [-0.15, -0.1) is 0 Å². The van der Waals surface area contributed by atoms with Gasteiger partial charge in [0.15, 0.2) is 0 Å². The molecule has 1 unspecified atom stereocenters. The zero-order chi connectivity index (χ0) is 25.1. The molecule has 0 radical (unpaired) electrons. The first kappa shape index (κ1) is 25.2. The number of hydrogen-bond donors (Lipinski definition) is 2. The molecule has 4 rings (SSSR count). The van der Waals surface area contributed by atoms with Gasteiger partial charge in [-0.3, -0.25) is 0 Å². The maximum absolute atomic E-state index is 14.6. The quantitative estimate of drug-likeness (QED) is 0.311. The van der Waals surface area contributed by atoms with Crippen molar-refractivity contribution in [2.75, 3.05) is 0 Å². The molecule has 0 bridgehead atoms. The summed E-state index contributed by atoms with van der Waals surface area (Å²) in [4.78, 5) is 13.3. The van der Waals surface area contributed by atoms with Crippen LogP contribution < -0.4 is 10.6 Å². The summed E-state index contributed by atoms with van der Waals surface area (Å²) in [5, 5.41) is 5.92. The van der Waals surface area contributed by atoms with Crippen LogP contribution in [0.15, 0.2) is 77.3 Å². The standard InChI is InChI=1S/C27H25BrF4N2O/c28-22-10-6-9-19(14-22)26(17-18-7-2-1-3-8-18,34-25(35)33-24-11-4-5-12-24)20-13-21(27(30,31)32)16-23(29)15-20/h1-3,6-10,13-16,24H,4-5,11-12,17H2,(H2,33,34,35). The lowest BCUT2D eigenvalue weighted by molar-refractivity contribution is -0.137. The van der Waals surface area contributed by atoms with Crippen molar-refractivity contribution in [3.05, 3.63) is 105 Å². The molecule has 0 spiro atoms. The highest BCUT2D eigenvalue weighted by atomic mass is 79.9. The highest BCUT2D eigenvalue weighted by Gasteiger charge is 2.40. The largest absolute Gasteiger partial charge is 0.416 e. The van der Waals surface area contributed by atoms with Crippen LogP contribution in [0.2, 0.25) is 0 Å². The Morgan fingerprint density at radius 2 is 1.57 bits per heavy atom. The molecule has 1 aliphatic carbocycles. The van der Waals surface area contributed by atoms with Crippen molar-refractivity contribution >= 4 is 22.0 Å². The van der Waals surface area contributed by atoms with E-state index in [0.717, 1.165) is 43.4 Å². The van der Waals surface area contributed by atoms with Crippen LogP contribution in [0.4, 0.5) is 22.4 Å². The molecular weight excluding hydrogens is 524 g/mol. The van der Waals surface area contributed by atoms with Gasteiger partial charge in [0, 0.05) is 16.9 Å². The summed E-state index contributed by atoms with van der Waals surface area (Å²) in [6.45, 7) is 0. The first-order chi connectivity index (χ1) is 16.7. The lowest BCUT2D eigenvalue weighted by Gasteiger charge is -2.37. The molecule has 184 valence electrons. The van der Waals surface area contributed by atoms with Crippen LogP contribution in [0.5, 0.6) is 0 Å². The van der Waals surface area contributed by atoms with Crippen LogP contribution >= 0.6 is 15.9 Å². The van der Waals surface area contributed by atoms with Crippen LogP contribution in [0.3, 0.4) is 0 Å². The number of carbonyl (C=O) groups is 1. The molecule has 1 atom stereocenters. The molecule has 0 heterocycles. The minimum Gasteiger partial charge on any atom is -0.335 e. The van der Waals surface area contributed by atoms with Crippen LogP contribution in [0.25, 0.3) is 0 Å². The first-order valence-electron chi connectivity index (χ1n) is 11.4. The molecule has 1 fully saturated rings. The molecule has 35 heavy (non-hydrogen) atoms. The topological polar surface area (TPSA) is 41.1 Å². The van der Waals surface area contributed by atoms with Crippen molar-refractivity contribution < 1.29 is 22.4 Å². The summed E-state index contributed by atoms with van der Waals surface area (Å²) in [6, 6.07) is 18.0. The summed E-state index contributed by atoms with van der Waals surface area (Å²) in [5.74, 6) is -1.03. The molecular formula is C27H25BrF4N2O. The Labute approximate surface area is 210 Å². The van der Waals surface area contributed by atoms with Crippen LogP contribution in [0, 0.1) is 5.82 Å². The minimum atomic E-state index is -4.75. The fourth-order valence-corrected chi connectivity index (χ4v) is 5.10. The van der Waals surface area contributed by atoms with E-state index in [1.807, 2.05) is 30.3 Å². The van der Waals surface area contributed by atoms with Gasteiger partial charge >= 0.3 is 12.2 Å². The fourth-order valence-electron chi connectivity index (χ4n) is 4.70. The summed E-state index contributed by atoms with van der Waals surface area (Å²) in [5.41, 5.74) is -1.29. The first-order valence-corrected chi connectivity index (χ1v) is 12.2. The average Bonchev–Trinajstić information content (AvgIpc) is 3.31. The van der Waals surface area contributed by atoms with Gasteiger partial charge in [-0.2, -0.15) is 13.2 Å². The van der Waals surface area contributed by atoms with Gasteiger partial charge in [-0.1, -0.05) is 71.2 Å². The summed E-state index contributed by atoms with van der Waals surface area (Å²) in [6.07, 6.45) is -0.945. The molecule has 2 amide bonds. The fraction of sp³-hybridized carbons (Fsp3) is 0.296. The second kappa shape index (κ2) is 10.4. The van der Waals surface area contributed by atoms with Crippen molar-refractivity contribution in [1.82, 2.24) is 10.6 Å². The van der Waals surface area contributed by atoms with Crippen molar-refractivity contribution in [3.63, 3.8) is 0 Å². The van der Waals surface area contributed by atoms with E-state index in [-0.39, 0.29) is 18.0 Å². The molecule has 1 aliphatic rings. The second-order valence-corrected chi connectivity index (χ2v) is 9.80. The Morgan fingerprint density at radius 1 is 0.886 bits per heavy atom. The maximum Gasteiger partial charge on any atom is 0.416 e. The second-order valence-electron chi connectivity index (χ2n) is 8.88. The lowest BCUT2D eigenvalue weighted by Crippen LogP contribution is -2.53. The molecule has 2 N–H and O–H groups in total. The van der Waals surface area contributed by atoms with E-state index in [2.05, 4.69) is 26.6 Å². The van der Waals surface area contributed by atoms with E-state index in [9.17, 15) is 22.4 Å². The van der Waals surface area contributed by atoms with E-state index in [1.165, 1.54) is 0 Å². The van der Waals surface area contributed by atoms with Crippen molar-refractivity contribution in [3.8, 4) is 0 Å². The molecule has 1 saturated carbocycles. The number of halogens is 5. The van der Waals surface area contributed by atoms with E-state index < -0.39 is 29.1 Å². The Kier molecular flexibility index (Phi) is 7.50. The highest BCUT2D eigenvalue weighted by molar-refractivity contribution is 9.10. The van der Waals surface area contributed by atoms with Gasteiger partial charge in [0.2, 0.25) is 0 Å². The van der Waals surface area contributed by atoms with Crippen molar-refractivity contribution in [2.45, 2.75) is 49.9 Å². The van der Waals surface area contributed by atoms with E-state index >= 15 is 0 Å². The van der Waals surface area contributed by atoms with E-state index in [1.54, 1.807) is 24.3 Å². The predicted molar refractivity (Wildman–Crippen MR) is 130 cm³/mol. The summed E-state index contributed by atoms with van der Waals surface area (Å²) in [7, 11) is 0. The predicted octanol–water partition coefficient (Wildman–Crippen LogP) is 7.34. The van der Waals surface area contributed by atoms with E-state index in [4.69, 9.17) is 0 Å². The van der Waals surface area contributed by atoms with Crippen LogP contribution in [-0.4, -0.2) is 12.1 Å². The number of amides is 2. The summed E-state index contributed by atoms with van der Waals surface area (Å²) >= 11 is 3.43. The number of rotatable bonds is 6. The van der Waals surface area contributed by atoms with Crippen LogP contribution in [-0.2, 0) is 18.1 Å². The Bertz CT molecular complexity index is 1180. The summed E-state index contributed by atoms with van der Waals surface area (Å²) < 4.78 is 56.4. The van der Waals surface area contributed by atoms with Gasteiger partial charge in [-0.05, 0) is 59.9 Å². The van der Waals surface area contributed by atoms with Crippen molar-refractivity contribution in [1.29, 1.82) is 0 Å². The van der Waals surface area contributed by atoms with Gasteiger partial charge in [-0.25, -0.2) is 9.18 Å². The van der Waals surface area contributed by atoms with Crippen molar-refractivity contribution in [2.24, 2.45) is 0 Å². The molecule has 3 nitrogen and oxygen atoms in total. The molecule has 3 aromatic rings. The van der Waals surface area contributed by atoms with Gasteiger partial charge in [0.05, 0.1) is 11.1 Å². The molecule has 8 heteroatoms. The Morgan fingerprint density at radius 3 is 2.23 bits per heavy atom. The molecule has 3 aromatic carbocycles. The maximum atomic E-state index is 14.6. The third-order valence-corrected chi connectivity index (χ3v) is 6.86.